The van der Waals surface area contributed by atoms with Crippen LogP contribution in [-0.2, 0) is 9.53 Å². The molecule has 7 nitrogen and oxygen atoms in total. The molecule has 3 rings (SSSR count). The van der Waals surface area contributed by atoms with E-state index in [1.807, 2.05) is 0 Å². The normalized spacial score (nSPS) is 16.6. The lowest BCUT2D eigenvalue weighted by Gasteiger charge is -2.25. The lowest BCUT2D eigenvalue weighted by atomic mass is 10.1. The van der Waals surface area contributed by atoms with Crippen molar-refractivity contribution >= 4 is 17.6 Å². The van der Waals surface area contributed by atoms with E-state index in [1.165, 1.54) is 41.5 Å². The van der Waals surface area contributed by atoms with Crippen LogP contribution < -0.4 is 5.32 Å². The third-order valence-corrected chi connectivity index (χ3v) is 3.87. The van der Waals surface area contributed by atoms with Crippen molar-refractivity contribution in [2.75, 3.05) is 25.0 Å². The van der Waals surface area contributed by atoms with Gasteiger partial charge >= 0.3 is 0 Å². The number of carbonyl (C=O) groups excluding carboxylic acids is 2. The molecule has 8 heteroatoms. The molecule has 0 radical (unpaired) electrons. The fraction of sp³-hybridized carbons (Fsp3) is 0.353. The van der Waals surface area contributed by atoms with Gasteiger partial charge in [-0.1, -0.05) is 5.16 Å². The molecule has 1 unspecified atom stereocenters. The molecule has 132 valence electrons. The standard InChI is InChI=1S/C17H18FN3O4/c18-13-5-3-12(4-6-13)17(23)21(10-14-2-1-8-24-14)11-16(22)19-15-7-9-25-20-15/h3-7,9,14H,1-2,8,10-11H2,(H,19,20,22). The van der Waals surface area contributed by atoms with Gasteiger partial charge in [-0.05, 0) is 37.1 Å². The maximum atomic E-state index is 13.1. The van der Waals surface area contributed by atoms with Crippen molar-refractivity contribution in [3.63, 3.8) is 0 Å². The molecule has 1 aromatic heterocycles. The third-order valence-electron chi connectivity index (χ3n) is 3.87. The van der Waals surface area contributed by atoms with Gasteiger partial charge in [0, 0.05) is 24.8 Å². The van der Waals surface area contributed by atoms with E-state index in [2.05, 4.69) is 15.0 Å². The quantitative estimate of drug-likeness (QED) is 0.865. The van der Waals surface area contributed by atoms with E-state index in [4.69, 9.17) is 4.74 Å². The van der Waals surface area contributed by atoms with E-state index in [0.717, 1.165) is 12.8 Å². The number of nitrogens with zero attached hydrogens (tertiary/aromatic N) is 2. The number of nitrogens with one attached hydrogen (secondary N) is 1. The molecule has 0 spiro atoms. The molecule has 2 aromatic rings. The molecular weight excluding hydrogens is 329 g/mol. The summed E-state index contributed by atoms with van der Waals surface area (Å²) in [7, 11) is 0. The number of ether oxygens (including phenoxy) is 1. The van der Waals surface area contributed by atoms with Crippen molar-refractivity contribution < 1.29 is 23.2 Å². The first-order valence-electron chi connectivity index (χ1n) is 7.98. The summed E-state index contributed by atoms with van der Waals surface area (Å²) in [5.74, 6) is -0.907. The summed E-state index contributed by atoms with van der Waals surface area (Å²) in [6.45, 7) is 0.778. The molecule has 1 N–H and O–H groups in total. The minimum atomic E-state index is -0.425. The Kier molecular flexibility index (Phi) is 5.39. The average Bonchev–Trinajstić information content (AvgIpc) is 3.28. The Bertz CT molecular complexity index is 712. The van der Waals surface area contributed by atoms with Crippen LogP contribution in [-0.4, -0.2) is 47.7 Å². The van der Waals surface area contributed by atoms with Gasteiger partial charge in [-0.25, -0.2) is 4.39 Å². The van der Waals surface area contributed by atoms with Crippen LogP contribution in [0.2, 0.25) is 0 Å². The van der Waals surface area contributed by atoms with Crippen LogP contribution in [0.4, 0.5) is 10.2 Å². The summed E-state index contributed by atoms with van der Waals surface area (Å²) >= 11 is 0. The SMILES string of the molecule is O=C(CN(CC1CCCO1)C(=O)c1ccc(F)cc1)Nc1ccon1. The van der Waals surface area contributed by atoms with Gasteiger partial charge in [0.05, 0.1) is 6.10 Å². The van der Waals surface area contributed by atoms with Gasteiger partial charge in [-0.3, -0.25) is 9.59 Å². The first-order chi connectivity index (χ1) is 12.1. The zero-order chi connectivity index (χ0) is 17.6. The number of rotatable bonds is 6. The number of carbonyl (C=O) groups is 2. The number of benzene rings is 1. The second kappa shape index (κ2) is 7.89. The van der Waals surface area contributed by atoms with Crippen LogP contribution in [0.3, 0.4) is 0 Å². The summed E-state index contributed by atoms with van der Waals surface area (Å²) in [6, 6.07) is 6.73. The smallest absolute Gasteiger partial charge is 0.254 e. The molecule has 2 amide bonds. The van der Waals surface area contributed by atoms with Gasteiger partial charge in [-0.2, -0.15) is 0 Å². The monoisotopic (exact) mass is 347 g/mol. The van der Waals surface area contributed by atoms with Gasteiger partial charge in [0.2, 0.25) is 5.91 Å². The highest BCUT2D eigenvalue weighted by Gasteiger charge is 2.25. The zero-order valence-electron chi connectivity index (χ0n) is 13.5. The first-order valence-corrected chi connectivity index (χ1v) is 7.98. The molecule has 1 aliphatic rings. The third kappa shape index (κ3) is 4.63. The predicted molar refractivity (Wildman–Crippen MR) is 86.4 cm³/mol. The van der Waals surface area contributed by atoms with E-state index in [-0.39, 0.29) is 24.4 Å². The average molecular weight is 347 g/mol. The number of hydrogen-bond acceptors (Lipinski definition) is 5. The molecule has 2 heterocycles. The van der Waals surface area contributed by atoms with Crippen LogP contribution in [0.5, 0.6) is 0 Å². The molecule has 0 aliphatic carbocycles. The highest BCUT2D eigenvalue weighted by molar-refractivity contribution is 5.99. The molecule has 1 saturated heterocycles. The molecule has 1 aromatic carbocycles. The first kappa shape index (κ1) is 17.1. The number of halogens is 1. The minimum Gasteiger partial charge on any atom is -0.376 e. The van der Waals surface area contributed by atoms with Gasteiger partial charge in [0.15, 0.2) is 5.82 Å². The van der Waals surface area contributed by atoms with E-state index >= 15 is 0 Å². The van der Waals surface area contributed by atoms with E-state index in [9.17, 15) is 14.0 Å². The summed E-state index contributed by atoms with van der Waals surface area (Å²) < 4.78 is 23.3. The number of amides is 2. The highest BCUT2D eigenvalue weighted by atomic mass is 19.1. The van der Waals surface area contributed by atoms with Gasteiger partial charge in [0.25, 0.3) is 5.91 Å². The lowest BCUT2D eigenvalue weighted by molar-refractivity contribution is -0.117. The van der Waals surface area contributed by atoms with Crippen molar-refractivity contribution in [3.8, 4) is 0 Å². The second-order valence-electron chi connectivity index (χ2n) is 5.76. The summed E-state index contributed by atoms with van der Waals surface area (Å²) in [4.78, 5) is 26.3. The van der Waals surface area contributed by atoms with E-state index in [1.54, 1.807) is 0 Å². The fourth-order valence-electron chi connectivity index (χ4n) is 2.66. The molecule has 1 atom stereocenters. The molecule has 0 saturated carbocycles. The van der Waals surface area contributed by atoms with Crippen molar-refractivity contribution in [3.05, 3.63) is 48.0 Å². The Morgan fingerprint density at radius 3 is 2.72 bits per heavy atom. The largest absolute Gasteiger partial charge is 0.376 e. The van der Waals surface area contributed by atoms with E-state index in [0.29, 0.717) is 18.7 Å². The Hall–Kier alpha value is -2.74. The molecule has 1 fully saturated rings. The maximum Gasteiger partial charge on any atom is 0.254 e. The van der Waals surface area contributed by atoms with Crippen molar-refractivity contribution in [1.82, 2.24) is 10.1 Å². The fourth-order valence-corrected chi connectivity index (χ4v) is 2.66. The van der Waals surface area contributed by atoms with Crippen molar-refractivity contribution in [2.24, 2.45) is 0 Å². The Labute approximate surface area is 143 Å². The van der Waals surface area contributed by atoms with Crippen LogP contribution in [0.25, 0.3) is 0 Å². The predicted octanol–water partition coefficient (Wildman–Crippen LogP) is 2.07. The van der Waals surface area contributed by atoms with Crippen molar-refractivity contribution in [1.29, 1.82) is 0 Å². The Morgan fingerprint density at radius 1 is 1.28 bits per heavy atom. The Balaban J connectivity index is 1.70. The second-order valence-corrected chi connectivity index (χ2v) is 5.76. The van der Waals surface area contributed by atoms with E-state index < -0.39 is 11.7 Å². The minimum absolute atomic E-state index is 0.107. The molecule has 0 bridgehead atoms. The molecule has 25 heavy (non-hydrogen) atoms. The Morgan fingerprint density at radius 2 is 2.08 bits per heavy atom. The van der Waals surface area contributed by atoms with Crippen LogP contribution in [0.15, 0.2) is 41.1 Å². The van der Waals surface area contributed by atoms with Gasteiger partial charge in [-0.15, -0.1) is 0 Å². The molecular formula is C17H18FN3O4. The zero-order valence-corrected chi connectivity index (χ0v) is 13.5. The van der Waals surface area contributed by atoms with Crippen LogP contribution >= 0.6 is 0 Å². The number of anilines is 1. The summed E-state index contributed by atoms with van der Waals surface area (Å²) in [5, 5.41) is 6.16. The highest BCUT2D eigenvalue weighted by Crippen LogP contribution is 2.16. The topological polar surface area (TPSA) is 84.7 Å². The van der Waals surface area contributed by atoms with Crippen LogP contribution in [0.1, 0.15) is 23.2 Å². The van der Waals surface area contributed by atoms with Gasteiger partial charge in [0.1, 0.15) is 18.6 Å². The lowest BCUT2D eigenvalue weighted by Crippen LogP contribution is -2.42. The number of hydrogen-bond donors (Lipinski definition) is 1. The van der Waals surface area contributed by atoms with Gasteiger partial charge < -0.3 is 19.5 Å². The summed E-state index contributed by atoms with van der Waals surface area (Å²) in [6.07, 6.45) is 2.99. The number of aromatic nitrogens is 1. The maximum absolute atomic E-state index is 13.1. The molecule has 1 aliphatic heterocycles. The van der Waals surface area contributed by atoms with Crippen LogP contribution in [0, 0.1) is 5.82 Å². The summed E-state index contributed by atoms with van der Waals surface area (Å²) in [5.41, 5.74) is 0.314. The van der Waals surface area contributed by atoms with Crippen molar-refractivity contribution in [2.45, 2.75) is 18.9 Å².